The van der Waals surface area contributed by atoms with Crippen molar-refractivity contribution in [1.82, 2.24) is 10.1 Å². The van der Waals surface area contributed by atoms with Gasteiger partial charge in [-0.25, -0.2) is 0 Å². The topological polar surface area (TPSA) is 86.6 Å². The number of hydrogen-bond acceptors (Lipinski definition) is 7. The summed E-state index contributed by atoms with van der Waals surface area (Å²) < 4.78 is 15.4. The van der Waals surface area contributed by atoms with E-state index in [1.54, 1.807) is 7.11 Å². The molecule has 2 rings (SSSR count). The molecule has 0 radical (unpaired) electrons. The molecule has 1 unspecified atom stereocenters. The van der Waals surface area contributed by atoms with E-state index in [9.17, 15) is 0 Å². The summed E-state index contributed by atoms with van der Waals surface area (Å²) in [4.78, 5) is 6.33. The van der Waals surface area contributed by atoms with Crippen LogP contribution in [0.1, 0.15) is 18.4 Å². The Balaban J connectivity index is 0.00000162. The number of aromatic nitrogens is 2. The fourth-order valence-electron chi connectivity index (χ4n) is 1.64. The maximum atomic E-state index is 5.90. The molecule has 7 nitrogen and oxygen atoms in total. The standard InChI is InChI=1S/C10H18N4O3.ClH/c1-15-5-2-8(11)9-12-10(13-17-9)14-3-6-16-7-4-14;/h8H,2-7,11H2,1H3;1H. The van der Waals surface area contributed by atoms with Crippen LogP contribution in [0.2, 0.25) is 0 Å². The van der Waals surface area contributed by atoms with E-state index >= 15 is 0 Å². The van der Waals surface area contributed by atoms with Gasteiger partial charge in [0.25, 0.3) is 5.95 Å². The maximum absolute atomic E-state index is 5.90. The van der Waals surface area contributed by atoms with Gasteiger partial charge in [-0.2, -0.15) is 4.98 Å². The van der Waals surface area contributed by atoms with Gasteiger partial charge in [0, 0.05) is 26.8 Å². The third-order valence-electron chi connectivity index (χ3n) is 2.68. The first-order valence-corrected chi connectivity index (χ1v) is 5.72. The molecule has 1 atom stereocenters. The average Bonchev–Trinajstić information content (AvgIpc) is 2.86. The van der Waals surface area contributed by atoms with Crippen molar-refractivity contribution >= 4 is 18.4 Å². The van der Waals surface area contributed by atoms with E-state index in [4.69, 9.17) is 19.7 Å². The van der Waals surface area contributed by atoms with Gasteiger partial charge >= 0.3 is 0 Å². The Morgan fingerprint density at radius 3 is 2.83 bits per heavy atom. The van der Waals surface area contributed by atoms with Crippen LogP contribution < -0.4 is 10.6 Å². The van der Waals surface area contributed by atoms with Gasteiger partial charge in [0.2, 0.25) is 5.89 Å². The largest absolute Gasteiger partial charge is 0.385 e. The molecule has 2 N–H and O–H groups in total. The molecule has 1 fully saturated rings. The lowest BCUT2D eigenvalue weighted by Crippen LogP contribution is -2.36. The number of ether oxygens (including phenoxy) is 2. The summed E-state index contributed by atoms with van der Waals surface area (Å²) >= 11 is 0. The highest BCUT2D eigenvalue weighted by Crippen LogP contribution is 2.16. The summed E-state index contributed by atoms with van der Waals surface area (Å²) in [6.07, 6.45) is 0.668. The quantitative estimate of drug-likeness (QED) is 0.832. The van der Waals surface area contributed by atoms with Crippen LogP contribution >= 0.6 is 12.4 Å². The van der Waals surface area contributed by atoms with Gasteiger partial charge in [-0.1, -0.05) is 0 Å². The Labute approximate surface area is 112 Å². The van der Waals surface area contributed by atoms with Crippen molar-refractivity contribution in [2.24, 2.45) is 5.73 Å². The monoisotopic (exact) mass is 278 g/mol. The van der Waals surface area contributed by atoms with E-state index in [1.807, 2.05) is 4.90 Å². The molecular formula is C10H19ClN4O3. The molecule has 1 aliphatic rings. The minimum Gasteiger partial charge on any atom is -0.385 e. The molecule has 0 aromatic carbocycles. The fourth-order valence-corrected chi connectivity index (χ4v) is 1.64. The molecule has 1 aromatic heterocycles. The number of halogens is 1. The van der Waals surface area contributed by atoms with Gasteiger partial charge in [-0.15, -0.1) is 12.4 Å². The van der Waals surface area contributed by atoms with Crippen LogP contribution in [0.4, 0.5) is 5.95 Å². The summed E-state index contributed by atoms with van der Waals surface area (Å²) in [5.41, 5.74) is 5.90. The van der Waals surface area contributed by atoms with Gasteiger partial charge < -0.3 is 24.6 Å². The number of hydrogen-bond donors (Lipinski definition) is 1. The number of nitrogens with two attached hydrogens (primary N) is 1. The minimum absolute atomic E-state index is 0. The highest BCUT2D eigenvalue weighted by molar-refractivity contribution is 5.85. The Hall–Kier alpha value is -0.890. The molecule has 104 valence electrons. The van der Waals surface area contributed by atoms with E-state index in [2.05, 4.69) is 10.1 Å². The van der Waals surface area contributed by atoms with Crippen molar-refractivity contribution in [1.29, 1.82) is 0 Å². The van der Waals surface area contributed by atoms with Crippen LogP contribution in [0.5, 0.6) is 0 Å². The molecule has 2 heterocycles. The number of nitrogens with zero attached hydrogens (tertiary/aromatic N) is 3. The molecule has 0 bridgehead atoms. The van der Waals surface area contributed by atoms with Crippen LogP contribution in [0, 0.1) is 0 Å². The van der Waals surface area contributed by atoms with Crippen LogP contribution in [-0.2, 0) is 9.47 Å². The average molecular weight is 279 g/mol. The molecule has 18 heavy (non-hydrogen) atoms. The van der Waals surface area contributed by atoms with Gasteiger partial charge in [0.15, 0.2) is 0 Å². The van der Waals surface area contributed by atoms with E-state index in [-0.39, 0.29) is 18.4 Å². The minimum atomic E-state index is -0.266. The summed E-state index contributed by atoms with van der Waals surface area (Å²) in [5, 5.41) is 3.93. The first-order valence-electron chi connectivity index (χ1n) is 5.72. The number of rotatable bonds is 5. The third kappa shape index (κ3) is 3.81. The molecule has 0 aliphatic carbocycles. The van der Waals surface area contributed by atoms with E-state index in [0.717, 1.165) is 13.1 Å². The molecule has 1 saturated heterocycles. The first kappa shape index (κ1) is 15.2. The van der Waals surface area contributed by atoms with Gasteiger partial charge in [-0.05, 0) is 11.6 Å². The fraction of sp³-hybridized carbons (Fsp3) is 0.800. The Bertz CT molecular complexity index is 344. The number of methoxy groups -OCH3 is 1. The Kier molecular flexibility index (Phi) is 6.34. The third-order valence-corrected chi connectivity index (χ3v) is 2.68. The van der Waals surface area contributed by atoms with Crippen molar-refractivity contribution in [3.05, 3.63) is 5.89 Å². The number of morpholine rings is 1. The second-order valence-electron chi connectivity index (χ2n) is 3.92. The van der Waals surface area contributed by atoms with E-state index in [0.29, 0.717) is 38.1 Å². The predicted molar refractivity (Wildman–Crippen MR) is 68.0 cm³/mol. The van der Waals surface area contributed by atoms with Crippen molar-refractivity contribution < 1.29 is 14.0 Å². The van der Waals surface area contributed by atoms with Crippen molar-refractivity contribution in [2.45, 2.75) is 12.5 Å². The highest BCUT2D eigenvalue weighted by Gasteiger charge is 2.19. The van der Waals surface area contributed by atoms with E-state index < -0.39 is 0 Å². The van der Waals surface area contributed by atoms with Crippen molar-refractivity contribution in [3.8, 4) is 0 Å². The Morgan fingerprint density at radius 1 is 1.44 bits per heavy atom. The van der Waals surface area contributed by atoms with Crippen LogP contribution in [-0.4, -0.2) is 50.2 Å². The zero-order valence-electron chi connectivity index (χ0n) is 10.4. The summed E-state index contributed by atoms with van der Waals surface area (Å²) in [5.74, 6) is 1.06. The molecule has 0 saturated carbocycles. The lowest BCUT2D eigenvalue weighted by Gasteiger charge is -2.24. The normalized spacial score (nSPS) is 17.3. The second-order valence-corrected chi connectivity index (χ2v) is 3.92. The van der Waals surface area contributed by atoms with Crippen LogP contribution in [0.3, 0.4) is 0 Å². The smallest absolute Gasteiger partial charge is 0.266 e. The lowest BCUT2D eigenvalue weighted by molar-refractivity contribution is 0.121. The molecule has 1 aromatic rings. The zero-order chi connectivity index (χ0) is 12.1. The van der Waals surface area contributed by atoms with Crippen LogP contribution in [0.25, 0.3) is 0 Å². The zero-order valence-corrected chi connectivity index (χ0v) is 11.2. The lowest BCUT2D eigenvalue weighted by atomic mass is 10.2. The molecule has 1 aliphatic heterocycles. The number of anilines is 1. The SMILES string of the molecule is COCCC(N)c1nc(N2CCOCC2)no1.Cl. The summed E-state index contributed by atoms with van der Waals surface area (Å²) in [6.45, 7) is 3.54. The molecular weight excluding hydrogens is 260 g/mol. The highest BCUT2D eigenvalue weighted by atomic mass is 35.5. The second kappa shape index (κ2) is 7.52. The summed E-state index contributed by atoms with van der Waals surface area (Å²) in [6, 6.07) is -0.266. The predicted octanol–water partition coefficient (Wildman–Crippen LogP) is 0.364. The molecule has 0 spiro atoms. The summed E-state index contributed by atoms with van der Waals surface area (Å²) in [7, 11) is 1.64. The maximum Gasteiger partial charge on any atom is 0.266 e. The molecule has 8 heteroatoms. The molecule has 0 amide bonds. The first-order chi connectivity index (χ1) is 8.31. The van der Waals surface area contributed by atoms with E-state index in [1.165, 1.54) is 0 Å². The van der Waals surface area contributed by atoms with Crippen molar-refractivity contribution in [3.63, 3.8) is 0 Å². The van der Waals surface area contributed by atoms with Gasteiger partial charge in [0.1, 0.15) is 0 Å². The Morgan fingerprint density at radius 2 is 2.17 bits per heavy atom. The van der Waals surface area contributed by atoms with Gasteiger partial charge in [0.05, 0.1) is 19.3 Å². The van der Waals surface area contributed by atoms with Crippen LogP contribution in [0.15, 0.2) is 4.52 Å². The van der Waals surface area contributed by atoms with Gasteiger partial charge in [-0.3, -0.25) is 0 Å². The van der Waals surface area contributed by atoms with Crippen molar-refractivity contribution in [2.75, 3.05) is 44.9 Å².